The van der Waals surface area contributed by atoms with E-state index in [0.29, 0.717) is 0 Å². The van der Waals surface area contributed by atoms with Crippen molar-refractivity contribution >= 4 is 28.1 Å². The molecule has 0 bridgehead atoms. The molecule has 0 amide bonds. The number of anilines is 3. The highest BCUT2D eigenvalue weighted by Gasteiger charge is 2.24. The Morgan fingerprint density at radius 3 is 2.71 bits per heavy atom. The van der Waals surface area contributed by atoms with E-state index in [1.54, 1.807) is 6.20 Å². The van der Waals surface area contributed by atoms with Crippen LogP contribution in [0.1, 0.15) is 12.0 Å². The molecule has 3 aromatic heterocycles. The molecule has 156 valence electrons. The van der Waals surface area contributed by atoms with E-state index in [2.05, 4.69) is 61.4 Å². The summed E-state index contributed by atoms with van der Waals surface area (Å²) in [5.41, 5.74) is 6.47. The van der Waals surface area contributed by atoms with Gasteiger partial charge in [-0.3, -0.25) is 10.1 Å². The fourth-order valence-electron chi connectivity index (χ4n) is 4.67. The number of rotatable bonds is 3. The van der Waals surface area contributed by atoms with E-state index in [0.717, 1.165) is 73.8 Å². The Balaban J connectivity index is 1.59. The minimum absolute atomic E-state index is 0.724. The number of fused-ring (bicyclic) bond motifs is 2. The molecule has 0 spiro atoms. The van der Waals surface area contributed by atoms with Gasteiger partial charge in [0.15, 0.2) is 0 Å². The van der Waals surface area contributed by atoms with Gasteiger partial charge in [-0.15, -0.1) is 0 Å². The second-order valence-electron chi connectivity index (χ2n) is 8.01. The fraction of sp³-hybridized carbons (Fsp3) is 0.292. The highest BCUT2D eigenvalue weighted by atomic mass is 16.5. The van der Waals surface area contributed by atoms with E-state index in [1.807, 2.05) is 12.3 Å². The molecule has 7 nitrogen and oxygen atoms in total. The predicted octanol–water partition coefficient (Wildman–Crippen LogP) is 3.94. The SMILES string of the molecule is c1ccc2c(c1)CCCN2c1cc(N2CCOCC2)nc2c(-c3ccn[nH]3)nccc12. The van der Waals surface area contributed by atoms with E-state index in [4.69, 9.17) is 9.72 Å². The summed E-state index contributed by atoms with van der Waals surface area (Å²) in [7, 11) is 0. The summed E-state index contributed by atoms with van der Waals surface area (Å²) in [4.78, 5) is 14.5. The standard InChI is InChI=1S/C24H24N6O/c1-2-6-20-17(4-1)5-3-11-30(20)21-16-22(29-12-14-31-15-13-29)27-23-18(21)7-9-25-24(23)19-8-10-26-28-19/h1-2,4,6-10,16H,3,5,11-15H2,(H,26,28). The van der Waals surface area contributed by atoms with Crippen molar-refractivity contribution in [2.24, 2.45) is 0 Å². The Hall–Kier alpha value is -3.45. The van der Waals surface area contributed by atoms with Crippen LogP contribution < -0.4 is 9.80 Å². The summed E-state index contributed by atoms with van der Waals surface area (Å²) >= 11 is 0. The second-order valence-corrected chi connectivity index (χ2v) is 8.01. The lowest BCUT2D eigenvalue weighted by molar-refractivity contribution is 0.122. The summed E-state index contributed by atoms with van der Waals surface area (Å²) in [6, 6.07) is 15.0. The summed E-state index contributed by atoms with van der Waals surface area (Å²) in [6.07, 6.45) is 5.87. The molecule has 0 aliphatic carbocycles. The number of benzene rings is 1. The van der Waals surface area contributed by atoms with Gasteiger partial charge in [-0.2, -0.15) is 5.10 Å². The second kappa shape index (κ2) is 7.67. The first-order valence-electron chi connectivity index (χ1n) is 10.9. The number of nitrogens with zero attached hydrogens (tertiary/aromatic N) is 5. The van der Waals surface area contributed by atoms with E-state index in [-0.39, 0.29) is 0 Å². The number of H-pyrrole nitrogens is 1. The van der Waals surface area contributed by atoms with Gasteiger partial charge in [-0.1, -0.05) is 18.2 Å². The summed E-state index contributed by atoms with van der Waals surface area (Å²) in [5.74, 6) is 0.975. The van der Waals surface area contributed by atoms with Crippen LogP contribution in [0.2, 0.25) is 0 Å². The molecular weight excluding hydrogens is 388 g/mol. The highest BCUT2D eigenvalue weighted by Crippen LogP contribution is 2.40. The van der Waals surface area contributed by atoms with Crippen LogP contribution in [0.4, 0.5) is 17.2 Å². The van der Waals surface area contributed by atoms with Crippen molar-refractivity contribution in [1.29, 1.82) is 0 Å². The normalized spacial score (nSPS) is 16.5. The largest absolute Gasteiger partial charge is 0.378 e. The van der Waals surface area contributed by atoms with Crippen LogP contribution in [-0.2, 0) is 11.2 Å². The van der Waals surface area contributed by atoms with Crippen molar-refractivity contribution in [3.63, 3.8) is 0 Å². The Morgan fingerprint density at radius 1 is 0.935 bits per heavy atom. The van der Waals surface area contributed by atoms with Crippen LogP contribution in [0.15, 0.2) is 54.9 Å². The summed E-state index contributed by atoms with van der Waals surface area (Å²) in [5, 5.41) is 8.29. The Kier molecular flexibility index (Phi) is 4.53. The number of aryl methyl sites for hydroxylation is 1. The molecule has 2 aliphatic rings. The van der Waals surface area contributed by atoms with Crippen LogP contribution in [0, 0.1) is 0 Å². The van der Waals surface area contributed by atoms with Gasteiger partial charge < -0.3 is 14.5 Å². The number of nitrogens with one attached hydrogen (secondary N) is 1. The maximum atomic E-state index is 5.58. The van der Waals surface area contributed by atoms with Gasteiger partial charge in [0, 0.05) is 49.2 Å². The number of morpholine rings is 1. The van der Waals surface area contributed by atoms with E-state index < -0.39 is 0 Å². The Morgan fingerprint density at radius 2 is 1.84 bits per heavy atom. The first-order valence-corrected chi connectivity index (χ1v) is 10.9. The van der Waals surface area contributed by atoms with Gasteiger partial charge in [-0.25, -0.2) is 4.98 Å². The lowest BCUT2D eigenvalue weighted by Gasteiger charge is -2.34. The number of aromatic nitrogens is 4. The number of para-hydroxylation sites is 1. The molecule has 1 fully saturated rings. The van der Waals surface area contributed by atoms with E-state index in [1.165, 1.54) is 16.9 Å². The lowest BCUT2D eigenvalue weighted by atomic mass is 10.00. The molecule has 0 unspecified atom stereocenters. The quantitative estimate of drug-likeness (QED) is 0.550. The molecular formula is C24H24N6O. The molecule has 6 rings (SSSR count). The summed E-state index contributed by atoms with van der Waals surface area (Å²) in [6.45, 7) is 4.12. The van der Waals surface area contributed by atoms with Crippen LogP contribution in [0.3, 0.4) is 0 Å². The topological polar surface area (TPSA) is 70.2 Å². The number of hydrogen-bond acceptors (Lipinski definition) is 6. The zero-order valence-corrected chi connectivity index (χ0v) is 17.3. The molecule has 0 saturated carbocycles. The highest BCUT2D eigenvalue weighted by molar-refractivity contribution is 6.01. The van der Waals surface area contributed by atoms with Gasteiger partial charge >= 0.3 is 0 Å². The fourth-order valence-corrected chi connectivity index (χ4v) is 4.67. The molecule has 4 aromatic rings. The molecule has 1 saturated heterocycles. The molecule has 7 heteroatoms. The monoisotopic (exact) mass is 412 g/mol. The number of ether oxygens (including phenoxy) is 1. The number of aromatic amines is 1. The van der Waals surface area contributed by atoms with Gasteiger partial charge in [0.1, 0.15) is 17.0 Å². The lowest BCUT2D eigenvalue weighted by Crippen LogP contribution is -2.37. The first-order chi connectivity index (χ1) is 15.4. The molecule has 31 heavy (non-hydrogen) atoms. The average molecular weight is 412 g/mol. The van der Waals surface area contributed by atoms with Crippen molar-refractivity contribution in [3.05, 3.63) is 60.4 Å². The molecule has 1 aromatic carbocycles. The first kappa shape index (κ1) is 18.3. The average Bonchev–Trinajstić information content (AvgIpc) is 3.38. The maximum absolute atomic E-state index is 5.58. The third-order valence-corrected chi connectivity index (χ3v) is 6.18. The molecule has 1 N–H and O–H groups in total. The Labute approximate surface area is 180 Å². The smallest absolute Gasteiger partial charge is 0.131 e. The number of hydrogen-bond donors (Lipinski definition) is 1. The van der Waals surface area contributed by atoms with Crippen LogP contribution in [0.5, 0.6) is 0 Å². The van der Waals surface area contributed by atoms with Crippen molar-refractivity contribution in [1.82, 2.24) is 20.2 Å². The maximum Gasteiger partial charge on any atom is 0.131 e. The zero-order valence-electron chi connectivity index (χ0n) is 17.3. The van der Waals surface area contributed by atoms with Crippen molar-refractivity contribution in [2.75, 3.05) is 42.6 Å². The van der Waals surface area contributed by atoms with Crippen LogP contribution in [0.25, 0.3) is 22.3 Å². The van der Waals surface area contributed by atoms with Crippen LogP contribution >= 0.6 is 0 Å². The third kappa shape index (κ3) is 3.21. The molecule has 0 radical (unpaired) electrons. The molecule has 2 aliphatic heterocycles. The third-order valence-electron chi connectivity index (χ3n) is 6.18. The van der Waals surface area contributed by atoms with E-state index in [9.17, 15) is 0 Å². The van der Waals surface area contributed by atoms with Gasteiger partial charge in [-0.05, 0) is 36.6 Å². The van der Waals surface area contributed by atoms with Crippen molar-refractivity contribution in [3.8, 4) is 11.4 Å². The van der Waals surface area contributed by atoms with Crippen LogP contribution in [-0.4, -0.2) is 53.0 Å². The molecule has 5 heterocycles. The molecule has 0 atom stereocenters. The summed E-state index contributed by atoms with van der Waals surface area (Å²) < 4.78 is 5.58. The van der Waals surface area contributed by atoms with Crippen molar-refractivity contribution in [2.45, 2.75) is 12.8 Å². The Bertz CT molecular complexity index is 1220. The minimum Gasteiger partial charge on any atom is -0.378 e. The minimum atomic E-state index is 0.724. The predicted molar refractivity (Wildman–Crippen MR) is 122 cm³/mol. The zero-order chi connectivity index (χ0) is 20.6. The van der Waals surface area contributed by atoms with Gasteiger partial charge in [0.05, 0.1) is 24.6 Å². The van der Waals surface area contributed by atoms with Crippen molar-refractivity contribution < 1.29 is 4.74 Å². The van der Waals surface area contributed by atoms with Gasteiger partial charge in [0.2, 0.25) is 0 Å². The van der Waals surface area contributed by atoms with E-state index >= 15 is 0 Å². The van der Waals surface area contributed by atoms with Gasteiger partial charge in [0.25, 0.3) is 0 Å². The number of pyridine rings is 2.